The molecule has 1 amide bonds. The number of nitrogens with one attached hydrogen (secondary N) is 1. The van der Waals surface area contributed by atoms with Crippen LogP contribution in [-0.4, -0.2) is 45.2 Å². The summed E-state index contributed by atoms with van der Waals surface area (Å²) in [6, 6.07) is -0.233. The van der Waals surface area contributed by atoms with Gasteiger partial charge in [-0.3, -0.25) is 4.79 Å². The van der Waals surface area contributed by atoms with Gasteiger partial charge in [-0.2, -0.15) is 0 Å². The standard InChI is InChI=1S/C11H23NO4/c1-7-11(3,16-6)10(13)12-8(2)9(14-4)15-5/h8-9H,7H2,1-6H3,(H,12,13). The molecule has 0 fully saturated rings. The SMILES string of the molecule is CCC(C)(OC)C(=O)NC(C)C(OC)OC. The zero-order chi connectivity index (χ0) is 12.8. The number of carbonyl (C=O) groups excluding carboxylic acids is 1. The topological polar surface area (TPSA) is 56.8 Å². The van der Waals surface area contributed by atoms with Gasteiger partial charge in [0.1, 0.15) is 5.60 Å². The predicted molar refractivity (Wildman–Crippen MR) is 61.1 cm³/mol. The van der Waals surface area contributed by atoms with E-state index in [0.717, 1.165) is 0 Å². The van der Waals surface area contributed by atoms with Crippen LogP contribution in [0.5, 0.6) is 0 Å². The summed E-state index contributed by atoms with van der Waals surface area (Å²) < 4.78 is 15.3. The first kappa shape index (κ1) is 15.3. The van der Waals surface area contributed by atoms with Crippen molar-refractivity contribution in [1.29, 1.82) is 0 Å². The summed E-state index contributed by atoms with van der Waals surface area (Å²) in [4.78, 5) is 11.9. The van der Waals surface area contributed by atoms with Crippen LogP contribution in [0.15, 0.2) is 0 Å². The van der Waals surface area contributed by atoms with E-state index in [1.54, 1.807) is 6.92 Å². The van der Waals surface area contributed by atoms with E-state index in [1.165, 1.54) is 21.3 Å². The summed E-state index contributed by atoms with van der Waals surface area (Å²) in [6.45, 7) is 5.48. The minimum Gasteiger partial charge on any atom is -0.369 e. The first-order valence-corrected chi connectivity index (χ1v) is 5.36. The maximum atomic E-state index is 11.9. The lowest BCUT2D eigenvalue weighted by Crippen LogP contribution is -2.52. The van der Waals surface area contributed by atoms with Crippen LogP contribution < -0.4 is 5.32 Å². The summed E-state index contributed by atoms with van der Waals surface area (Å²) in [5, 5.41) is 2.81. The van der Waals surface area contributed by atoms with Gasteiger partial charge in [0.2, 0.25) is 0 Å². The molecular formula is C11H23NO4. The van der Waals surface area contributed by atoms with E-state index in [-0.39, 0.29) is 11.9 Å². The Morgan fingerprint density at radius 3 is 2.12 bits per heavy atom. The van der Waals surface area contributed by atoms with E-state index in [0.29, 0.717) is 6.42 Å². The van der Waals surface area contributed by atoms with Crippen molar-refractivity contribution in [2.45, 2.75) is 45.1 Å². The van der Waals surface area contributed by atoms with Crippen molar-refractivity contribution in [3.63, 3.8) is 0 Å². The number of methoxy groups -OCH3 is 3. The molecule has 0 spiro atoms. The third-order valence-electron chi connectivity index (χ3n) is 2.84. The average molecular weight is 233 g/mol. The first-order valence-electron chi connectivity index (χ1n) is 5.36. The molecule has 0 aliphatic rings. The van der Waals surface area contributed by atoms with Crippen molar-refractivity contribution in [3.05, 3.63) is 0 Å². The van der Waals surface area contributed by atoms with Gasteiger partial charge in [-0.15, -0.1) is 0 Å². The van der Waals surface area contributed by atoms with Gasteiger partial charge in [0, 0.05) is 21.3 Å². The number of ether oxygens (including phenoxy) is 3. The van der Waals surface area contributed by atoms with Crippen molar-refractivity contribution in [2.75, 3.05) is 21.3 Å². The zero-order valence-electron chi connectivity index (χ0n) is 11.0. The van der Waals surface area contributed by atoms with E-state index in [1.807, 2.05) is 13.8 Å². The van der Waals surface area contributed by atoms with Crippen molar-refractivity contribution < 1.29 is 19.0 Å². The number of hydrogen-bond acceptors (Lipinski definition) is 4. The molecule has 96 valence electrons. The maximum Gasteiger partial charge on any atom is 0.252 e. The molecule has 0 bridgehead atoms. The molecule has 0 heterocycles. The van der Waals surface area contributed by atoms with E-state index in [9.17, 15) is 4.79 Å². The third-order valence-corrected chi connectivity index (χ3v) is 2.84. The van der Waals surface area contributed by atoms with E-state index < -0.39 is 11.9 Å². The number of amides is 1. The van der Waals surface area contributed by atoms with Crippen LogP contribution in [0.3, 0.4) is 0 Å². The minimum absolute atomic E-state index is 0.163. The molecule has 0 rings (SSSR count). The second-order valence-electron chi connectivity index (χ2n) is 3.89. The molecule has 0 aromatic rings. The van der Waals surface area contributed by atoms with Crippen LogP contribution in [0.2, 0.25) is 0 Å². The fourth-order valence-electron chi connectivity index (χ4n) is 1.33. The second kappa shape index (κ2) is 6.83. The fourth-order valence-corrected chi connectivity index (χ4v) is 1.33. The van der Waals surface area contributed by atoms with Crippen molar-refractivity contribution in [1.82, 2.24) is 5.32 Å². The van der Waals surface area contributed by atoms with Crippen LogP contribution in [0.1, 0.15) is 27.2 Å². The van der Waals surface area contributed by atoms with Crippen LogP contribution >= 0.6 is 0 Å². The van der Waals surface area contributed by atoms with Crippen LogP contribution in [0, 0.1) is 0 Å². The highest BCUT2D eigenvalue weighted by Gasteiger charge is 2.33. The Labute approximate surface area is 97.4 Å². The Bertz CT molecular complexity index is 212. The maximum absolute atomic E-state index is 11.9. The van der Waals surface area contributed by atoms with Gasteiger partial charge in [0.15, 0.2) is 6.29 Å². The van der Waals surface area contributed by atoms with Gasteiger partial charge in [-0.1, -0.05) is 6.92 Å². The molecule has 5 nitrogen and oxygen atoms in total. The van der Waals surface area contributed by atoms with Crippen LogP contribution in [0.25, 0.3) is 0 Å². The second-order valence-corrected chi connectivity index (χ2v) is 3.89. The number of hydrogen-bond donors (Lipinski definition) is 1. The summed E-state index contributed by atoms with van der Waals surface area (Å²) in [5.74, 6) is -0.163. The molecular weight excluding hydrogens is 210 g/mol. The molecule has 2 unspecified atom stereocenters. The molecule has 5 heteroatoms. The zero-order valence-corrected chi connectivity index (χ0v) is 11.0. The van der Waals surface area contributed by atoms with Gasteiger partial charge in [0.25, 0.3) is 5.91 Å². The van der Waals surface area contributed by atoms with Gasteiger partial charge in [-0.25, -0.2) is 0 Å². The highest BCUT2D eigenvalue weighted by atomic mass is 16.7. The minimum atomic E-state index is -0.805. The Morgan fingerprint density at radius 2 is 1.81 bits per heavy atom. The van der Waals surface area contributed by atoms with Crippen molar-refractivity contribution in [3.8, 4) is 0 Å². The molecule has 0 radical (unpaired) electrons. The molecule has 0 aliphatic heterocycles. The molecule has 0 aliphatic carbocycles. The van der Waals surface area contributed by atoms with Crippen LogP contribution in [-0.2, 0) is 19.0 Å². The lowest BCUT2D eigenvalue weighted by atomic mass is 10.0. The monoisotopic (exact) mass is 233 g/mol. The third kappa shape index (κ3) is 3.73. The van der Waals surface area contributed by atoms with E-state index >= 15 is 0 Å². The smallest absolute Gasteiger partial charge is 0.252 e. The Kier molecular flexibility index (Phi) is 6.55. The summed E-state index contributed by atoms with van der Waals surface area (Å²) >= 11 is 0. The molecule has 16 heavy (non-hydrogen) atoms. The average Bonchev–Trinajstić information content (AvgIpc) is 2.29. The van der Waals surface area contributed by atoms with Gasteiger partial charge >= 0.3 is 0 Å². The summed E-state index contributed by atoms with van der Waals surface area (Å²) in [7, 11) is 4.59. The largest absolute Gasteiger partial charge is 0.369 e. The van der Waals surface area contributed by atoms with Crippen LogP contribution in [0.4, 0.5) is 0 Å². The Hall–Kier alpha value is -0.650. The Balaban J connectivity index is 4.43. The highest BCUT2D eigenvalue weighted by Crippen LogP contribution is 2.14. The predicted octanol–water partition coefficient (Wildman–Crippen LogP) is 0.925. The Morgan fingerprint density at radius 1 is 1.31 bits per heavy atom. The molecule has 2 atom stereocenters. The molecule has 1 N–H and O–H groups in total. The van der Waals surface area contributed by atoms with E-state index in [2.05, 4.69) is 5.32 Å². The van der Waals surface area contributed by atoms with Gasteiger partial charge < -0.3 is 19.5 Å². The number of carbonyl (C=O) groups is 1. The lowest BCUT2D eigenvalue weighted by molar-refractivity contribution is -0.151. The number of rotatable bonds is 7. The van der Waals surface area contributed by atoms with Gasteiger partial charge in [0.05, 0.1) is 6.04 Å². The van der Waals surface area contributed by atoms with Crippen molar-refractivity contribution in [2.24, 2.45) is 0 Å². The molecule has 0 saturated heterocycles. The van der Waals surface area contributed by atoms with Crippen molar-refractivity contribution >= 4 is 5.91 Å². The highest BCUT2D eigenvalue weighted by molar-refractivity contribution is 5.84. The van der Waals surface area contributed by atoms with E-state index in [4.69, 9.17) is 14.2 Å². The lowest BCUT2D eigenvalue weighted by Gasteiger charge is -2.29. The fraction of sp³-hybridized carbons (Fsp3) is 0.909. The quantitative estimate of drug-likeness (QED) is 0.664. The van der Waals surface area contributed by atoms with Gasteiger partial charge in [-0.05, 0) is 20.3 Å². The first-order chi connectivity index (χ1) is 7.45. The molecule has 0 aromatic heterocycles. The molecule has 0 aromatic carbocycles. The summed E-state index contributed by atoms with van der Waals surface area (Å²) in [6.07, 6.45) is 0.147. The summed E-state index contributed by atoms with van der Waals surface area (Å²) in [5.41, 5.74) is -0.805. The normalized spacial score (nSPS) is 16.9. The molecule has 0 saturated carbocycles.